The number of thiophene rings is 1. The zero-order valence-electron chi connectivity index (χ0n) is 12.0. The van der Waals surface area contributed by atoms with Gasteiger partial charge in [-0.1, -0.05) is 19.3 Å². The third-order valence-electron chi connectivity index (χ3n) is 4.34. The highest BCUT2D eigenvalue weighted by Gasteiger charge is 2.33. The molecule has 0 unspecified atom stereocenters. The first-order valence-corrected chi connectivity index (χ1v) is 8.43. The smallest absolute Gasteiger partial charge is 0.263 e. The van der Waals surface area contributed by atoms with Crippen molar-refractivity contribution in [3.05, 3.63) is 10.4 Å². The molecule has 0 aromatic carbocycles. The van der Waals surface area contributed by atoms with Crippen molar-refractivity contribution in [2.24, 2.45) is 0 Å². The molecule has 1 amide bonds. The molecular formula is C15H23N3OS. The predicted molar refractivity (Wildman–Crippen MR) is 84.6 cm³/mol. The minimum Gasteiger partial charge on any atom is -0.397 e. The van der Waals surface area contributed by atoms with Gasteiger partial charge in [-0.3, -0.25) is 4.79 Å². The first-order chi connectivity index (χ1) is 9.70. The van der Waals surface area contributed by atoms with Crippen LogP contribution in [-0.2, 0) is 0 Å². The lowest BCUT2D eigenvalue weighted by molar-refractivity contribution is 0.0968. The van der Waals surface area contributed by atoms with E-state index in [1.54, 1.807) is 7.05 Å². The van der Waals surface area contributed by atoms with Crippen molar-refractivity contribution in [3.63, 3.8) is 0 Å². The molecule has 4 nitrogen and oxygen atoms in total. The molecule has 0 aliphatic heterocycles. The minimum atomic E-state index is -0.0638. The molecule has 2 saturated carbocycles. The van der Waals surface area contributed by atoms with E-state index < -0.39 is 0 Å². The van der Waals surface area contributed by atoms with Gasteiger partial charge in [-0.25, -0.2) is 0 Å². The second-order valence-electron chi connectivity index (χ2n) is 5.92. The summed E-state index contributed by atoms with van der Waals surface area (Å²) in [6.45, 7) is 0. The number of carbonyl (C=O) groups is 1. The zero-order valence-corrected chi connectivity index (χ0v) is 12.8. The van der Waals surface area contributed by atoms with Crippen LogP contribution in [0.2, 0.25) is 0 Å². The van der Waals surface area contributed by atoms with Crippen molar-refractivity contribution in [3.8, 4) is 0 Å². The third-order valence-corrected chi connectivity index (χ3v) is 5.49. The molecule has 2 fully saturated rings. The van der Waals surface area contributed by atoms with Gasteiger partial charge in [0.15, 0.2) is 0 Å². The van der Waals surface area contributed by atoms with Crippen molar-refractivity contribution in [1.82, 2.24) is 5.32 Å². The van der Waals surface area contributed by atoms with Gasteiger partial charge in [0.05, 0.1) is 10.7 Å². The number of carbonyl (C=O) groups excluding carboxylic acids is 1. The standard InChI is InChI=1S/C15H23N3OS/c1-17-14(19)13-12(16)11(9-7-8-9)15(20-13)18-10-5-3-2-4-6-10/h9-10,18H,2-8,16H2,1H3,(H,17,19). The highest BCUT2D eigenvalue weighted by molar-refractivity contribution is 7.18. The Balaban J connectivity index is 1.86. The average Bonchev–Trinajstić information content (AvgIpc) is 3.24. The summed E-state index contributed by atoms with van der Waals surface area (Å²) in [5.74, 6) is 0.502. The van der Waals surface area contributed by atoms with Gasteiger partial charge < -0.3 is 16.4 Å². The first-order valence-electron chi connectivity index (χ1n) is 7.61. The summed E-state index contributed by atoms with van der Waals surface area (Å²) in [4.78, 5) is 12.6. The second kappa shape index (κ2) is 5.64. The quantitative estimate of drug-likeness (QED) is 0.798. The molecule has 0 radical (unpaired) electrons. The Bertz CT molecular complexity index is 501. The van der Waals surface area contributed by atoms with Crippen LogP contribution in [0, 0.1) is 0 Å². The fraction of sp³-hybridized carbons (Fsp3) is 0.667. The molecule has 0 bridgehead atoms. The van der Waals surface area contributed by atoms with Gasteiger partial charge in [0.1, 0.15) is 4.88 Å². The van der Waals surface area contributed by atoms with E-state index in [2.05, 4.69) is 10.6 Å². The van der Waals surface area contributed by atoms with E-state index in [4.69, 9.17) is 5.73 Å². The lowest BCUT2D eigenvalue weighted by Crippen LogP contribution is -2.22. The maximum absolute atomic E-state index is 11.9. The Hall–Kier alpha value is -1.23. The van der Waals surface area contributed by atoms with Crippen molar-refractivity contribution in [2.75, 3.05) is 18.1 Å². The highest BCUT2D eigenvalue weighted by atomic mass is 32.1. The van der Waals surface area contributed by atoms with Gasteiger partial charge in [-0.05, 0) is 31.6 Å². The predicted octanol–water partition coefficient (Wildman–Crippen LogP) is 3.31. The van der Waals surface area contributed by atoms with Gasteiger partial charge in [-0.15, -0.1) is 11.3 Å². The molecule has 0 spiro atoms. The normalized spacial score (nSPS) is 19.9. The Morgan fingerprint density at radius 3 is 2.50 bits per heavy atom. The van der Waals surface area contributed by atoms with Crippen LogP contribution >= 0.6 is 11.3 Å². The molecule has 1 aromatic rings. The van der Waals surface area contributed by atoms with Crippen LogP contribution in [0.4, 0.5) is 10.7 Å². The Kier molecular flexibility index (Phi) is 3.87. The molecule has 0 saturated heterocycles. The number of rotatable bonds is 4. The lowest BCUT2D eigenvalue weighted by Gasteiger charge is -2.23. The van der Waals surface area contributed by atoms with Crippen molar-refractivity contribution in [2.45, 2.75) is 56.9 Å². The van der Waals surface area contributed by atoms with E-state index in [1.807, 2.05) is 0 Å². The van der Waals surface area contributed by atoms with Gasteiger partial charge in [0, 0.05) is 18.7 Å². The molecule has 1 heterocycles. The van der Waals surface area contributed by atoms with Crippen LogP contribution in [0.3, 0.4) is 0 Å². The van der Waals surface area contributed by atoms with E-state index in [9.17, 15) is 4.79 Å². The molecule has 0 atom stereocenters. The SMILES string of the molecule is CNC(=O)c1sc(NC2CCCCC2)c(C2CC2)c1N. The molecular weight excluding hydrogens is 270 g/mol. The second-order valence-corrected chi connectivity index (χ2v) is 6.94. The topological polar surface area (TPSA) is 67.2 Å². The number of amides is 1. The maximum atomic E-state index is 11.9. The third kappa shape index (κ3) is 2.64. The number of nitrogen functional groups attached to an aromatic ring is 1. The molecule has 1 aromatic heterocycles. The Morgan fingerprint density at radius 1 is 1.20 bits per heavy atom. The summed E-state index contributed by atoms with van der Waals surface area (Å²) in [5.41, 5.74) is 8.15. The fourth-order valence-electron chi connectivity index (χ4n) is 3.06. The van der Waals surface area contributed by atoms with E-state index in [-0.39, 0.29) is 5.91 Å². The Morgan fingerprint density at radius 2 is 1.90 bits per heavy atom. The number of nitrogens with one attached hydrogen (secondary N) is 2. The molecule has 20 heavy (non-hydrogen) atoms. The van der Waals surface area contributed by atoms with Crippen LogP contribution in [0.5, 0.6) is 0 Å². The summed E-state index contributed by atoms with van der Waals surface area (Å²) in [6, 6.07) is 0.553. The zero-order chi connectivity index (χ0) is 14.1. The van der Waals surface area contributed by atoms with Gasteiger partial charge in [-0.2, -0.15) is 0 Å². The first kappa shape index (κ1) is 13.7. The lowest BCUT2D eigenvalue weighted by atomic mass is 9.95. The summed E-state index contributed by atoms with van der Waals surface area (Å²) in [6.07, 6.45) is 8.83. The van der Waals surface area contributed by atoms with Gasteiger partial charge in [0.25, 0.3) is 5.91 Å². The summed E-state index contributed by atoms with van der Waals surface area (Å²) in [5, 5.41) is 7.51. The van der Waals surface area contributed by atoms with Gasteiger partial charge >= 0.3 is 0 Å². The maximum Gasteiger partial charge on any atom is 0.263 e. The van der Waals surface area contributed by atoms with E-state index in [0.717, 1.165) is 5.00 Å². The fourth-order valence-corrected chi connectivity index (χ4v) is 4.29. The molecule has 2 aliphatic rings. The van der Waals surface area contributed by atoms with Crippen LogP contribution in [-0.4, -0.2) is 19.0 Å². The number of hydrogen-bond acceptors (Lipinski definition) is 4. The van der Waals surface area contributed by atoms with Crippen LogP contribution < -0.4 is 16.4 Å². The minimum absolute atomic E-state index is 0.0638. The van der Waals surface area contributed by atoms with Crippen molar-refractivity contribution < 1.29 is 4.79 Å². The summed E-state index contributed by atoms with van der Waals surface area (Å²) < 4.78 is 0. The van der Waals surface area contributed by atoms with Gasteiger partial charge in [0.2, 0.25) is 0 Å². The van der Waals surface area contributed by atoms with Crippen molar-refractivity contribution in [1.29, 1.82) is 0 Å². The number of anilines is 2. The van der Waals surface area contributed by atoms with E-state index >= 15 is 0 Å². The highest BCUT2D eigenvalue weighted by Crippen LogP contribution is 2.51. The molecule has 3 rings (SSSR count). The molecule has 110 valence electrons. The number of nitrogens with two attached hydrogens (primary N) is 1. The molecule has 4 N–H and O–H groups in total. The molecule has 5 heteroatoms. The van der Waals surface area contributed by atoms with E-state index in [1.165, 1.54) is 61.8 Å². The largest absolute Gasteiger partial charge is 0.397 e. The van der Waals surface area contributed by atoms with E-state index in [0.29, 0.717) is 22.5 Å². The van der Waals surface area contributed by atoms with Crippen LogP contribution in [0.25, 0.3) is 0 Å². The molecule has 2 aliphatic carbocycles. The van der Waals surface area contributed by atoms with Crippen LogP contribution in [0.1, 0.15) is 66.1 Å². The number of hydrogen-bond donors (Lipinski definition) is 3. The summed E-state index contributed by atoms with van der Waals surface area (Å²) >= 11 is 1.53. The summed E-state index contributed by atoms with van der Waals surface area (Å²) in [7, 11) is 1.66. The van der Waals surface area contributed by atoms with Crippen LogP contribution in [0.15, 0.2) is 0 Å². The monoisotopic (exact) mass is 293 g/mol. The average molecular weight is 293 g/mol. The van der Waals surface area contributed by atoms with Crippen molar-refractivity contribution >= 4 is 27.9 Å². The Labute approximate surface area is 124 Å².